The van der Waals surface area contributed by atoms with Gasteiger partial charge < -0.3 is 20.3 Å². The molecule has 0 spiro atoms. The van der Waals surface area contributed by atoms with Crippen LogP contribution in [-0.2, 0) is 34.6 Å². The normalized spacial score (nSPS) is 14.6. The predicted molar refractivity (Wildman–Crippen MR) is 121 cm³/mol. The van der Waals surface area contributed by atoms with Gasteiger partial charge >= 0.3 is 11.7 Å². The summed E-state index contributed by atoms with van der Waals surface area (Å²) in [6.45, 7) is 4.93. The molecule has 3 aromatic rings. The molecule has 0 bridgehead atoms. The lowest BCUT2D eigenvalue weighted by atomic mass is 10.0. The van der Waals surface area contributed by atoms with Crippen LogP contribution in [0, 0.1) is 12.7 Å². The molecule has 2 aromatic heterocycles. The molecule has 2 aliphatic rings. The van der Waals surface area contributed by atoms with Crippen LogP contribution in [0.4, 0.5) is 27.4 Å². The van der Waals surface area contributed by atoms with Gasteiger partial charge in [0.25, 0.3) is 5.75 Å². The van der Waals surface area contributed by atoms with E-state index in [9.17, 15) is 8.60 Å². The van der Waals surface area contributed by atoms with Crippen LogP contribution < -0.4 is 20.3 Å². The highest BCUT2D eigenvalue weighted by Gasteiger charge is 2.24. The number of hydrogen-bond acceptors (Lipinski definition) is 8. The van der Waals surface area contributed by atoms with E-state index in [0.717, 1.165) is 47.7 Å². The predicted octanol–water partition coefficient (Wildman–Crippen LogP) is 3.36. The van der Waals surface area contributed by atoms with E-state index in [1.807, 2.05) is 12.4 Å². The third-order valence-corrected chi connectivity index (χ3v) is 6.16. The summed E-state index contributed by atoms with van der Waals surface area (Å²) >= 11 is 0.346. The first-order valence-corrected chi connectivity index (χ1v) is 11.3. The molecule has 0 saturated heterocycles. The van der Waals surface area contributed by atoms with Crippen molar-refractivity contribution < 1.29 is 13.3 Å². The van der Waals surface area contributed by atoms with Crippen LogP contribution in [-0.4, -0.2) is 34.6 Å². The lowest BCUT2D eigenvalue weighted by molar-refractivity contribution is 0.310. The van der Waals surface area contributed by atoms with E-state index < -0.39 is 5.82 Å². The van der Waals surface area contributed by atoms with Gasteiger partial charge in [0.2, 0.25) is 11.8 Å². The van der Waals surface area contributed by atoms with Gasteiger partial charge in [0.15, 0.2) is 0 Å². The Balaban J connectivity index is 1.37. The third kappa shape index (κ3) is 3.93. The Morgan fingerprint density at radius 2 is 2.22 bits per heavy atom. The van der Waals surface area contributed by atoms with Crippen LogP contribution in [0.25, 0.3) is 0 Å². The number of rotatable bonds is 5. The number of nitrogens with one attached hydrogen (secondary N) is 2. The Morgan fingerprint density at radius 1 is 1.31 bits per heavy atom. The quantitative estimate of drug-likeness (QED) is 0.569. The average Bonchev–Trinajstić information content (AvgIpc) is 2.81. The van der Waals surface area contributed by atoms with Gasteiger partial charge in [-0.25, -0.2) is 19.3 Å². The van der Waals surface area contributed by atoms with E-state index >= 15 is 0 Å². The summed E-state index contributed by atoms with van der Waals surface area (Å²) in [4.78, 5) is 15.8. The molecule has 1 aromatic carbocycles. The highest BCUT2D eigenvalue weighted by atomic mass is 32.1. The zero-order chi connectivity index (χ0) is 22.1. The van der Waals surface area contributed by atoms with Crippen LogP contribution in [0.5, 0.6) is 5.88 Å². The smallest absolute Gasteiger partial charge is 0.463 e. The van der Waals surface area contributed by atoms with E-state index in [0.29, 0.717) is 47.9 Å². The van der Waals surface area contributed by atoms with Gasteiger partial charge in [0.05, 0.1) is 29.7 Å². The minimum atomic E-state index is -0.421. The molecule has 8 nitrogen and oxygen atoms in total. The molecule has 2 N–H and O–H groups in total. The summed E-state index contributed by atoms with van der Waals surface area (Å²) in [5.74, 6) is 0.730. The second-order valence-electron chi connectivity index (χ2n) is 7.75. The van der Waals surface area contributed by atoms with Gasteiger partial charge in [-0.3, -0.25) is 0 Å². The molecule has 32 heavy (non-hydrogen) atoms. The Labute approximate surface area is 188 Å². The van der Waals surface area contributed by atoms with Crippen molar-refractivity contribution in [2.75, 3.05) is 35.2 Å². The van der Waals surface area contributed by atoms with Crippen molar-refractivity contribution in [1.29, 1.82) is 0 Å². The first kappa shape index (κ1) is 20.5. The average molecular weight is 454 g/mol. The fourth-order valence-electron chi connectivity index (χ4n) is 4.03. The SMILES string of the molecule is Cc1c(N2CCc3cnc(Nc4ccc(C[S+]=O)c(F)c4)nc3C2)cnc2c1NCCO2. The summed E-state index contributed by atoms with van der Waals surface area (Å²) in [6, 6.07) is 4.69. The van der Waals surface area contributed by atoms with Gasteiger partial charge in [0, 0.05) is 34.7 Å². The summed E-state index contributed by atoms with van der Waals surface area (Å²) in [6.07, 6.45) is 4.51. The van der Waals surface area contributed by atoms with Crippen LogP contribution in [0.2, 0.25) is 0 Å². The Hall–Kier alpha value is -3.40. The van der Waals surface area contributed by atoms with Crippen LogP contribution in [0.1, 0.15) is 22.4 Å². The summed E-state index contributed by atoms with van der Waals surface area (Å²) in [7, 11) is 0. The maximum Gasteiger partial charge on any atom is 0.463 e. The van der Waals surface area contributed by atoms with Gasteiger partial charge in [-0.1, -0.05) is 0 Å². The second kappa shape index (κ2) is 8.62. The zero-order valence-electron chi connectivity index (χ0n) is 17.5. The summed E-state index contributed by atoms with van der Waals surface area (Å²) < 4.78 is 30.5. The van der Waals surface area contributed by atoms with E-state index in [-0.39, 0.29) is 5.75 Å². The molecule has 0 atom stereocenters. The molecule has 0 aliphatic carbocycles. The fraction of sp³-hybridized carbons (Fsp3) is 0.318. The largest absolute Gasteiger partial charge is 0.474 e. The number of aromatic nitrogens is 3. The molecule has 0 fully saturated rings. The Kier molecular flexibility index (Phi) is 5.52. The Morgan fingerprint density at radius 3 is 3.06 bits per heavy atom. The maximum absolute atomic E-state index is 14.2. The molecule has 0 unspecified atom stereocenters. The van der Waals surface area contributed by atoms with Crippen LogP contribution in [0.3, 0.4) is 0 Å². The standard InChI is InChI=1S/C22H22FN6O2S/c1-13-19(10-25-21-20(13)24-5-7-31-21)29-6-4-14-9-26-22(28-18(14)11-29)27-16-3-2-15(12-32-30)17(23)8-16/h2-3,8-10,24H,4-7,11-12H2,1H3,(H,26,27,28)/q+1. The van der Waals surface area contributed by atoms with Gasteiger partial charge in [-0.15, -0.1) is 0 Å². The van der Waals surface area contributed by atoms with Crippen molar-refractivity contribution in [3.8, 4) is 5.88 Å². The maximum atomic E-state index is 14.2. The topological polar surface area (TPSA) is 92.3 Å². The number of benzene rings is 1. The third-order valence-electron chi connectivity index (χ3n) is 5.73. The van der Waals surface area contributed by atoms with Crippen molar-refractivity contribution in [2.45, 2.75) is 25.6 Å². The van der Waals surface area contributed by atoms with Gasteiger partial charge in [-0.05, 0) is 37.1 Å². The minimum Gasteiger partial charge on any atom is -0.474 e. The lowest BCUT2D eigenvalue weighted by Crippen LogP contribution is -2.32. The monoisotopic (exact) mass is 453 g/mol. The summed E-state index contributed by atoms with van der Waals surface area (Å²) in [5.41, 5.74) is 6.06. The van der Waals surface area contributed by atoms with Crippen molar-refractivity contribution >= 4 is 34.7 Å². The van der Waals surface area contributed by atoms with Crippen LogP contribution in [0.15, 0.2) is 30.6 Å². The highest BCUT2D eigenvalue weighted by Crippen LogP contribution is 2.36. The number of pyridine rings is 1. The molecule has 0 saturated carbocycles. The zero-order valence-corrected chi connectivity index (χ0v) is 18.3. The number of anilines is 4. The Bertz CT molecular complexity index is 1190. The van der Waals surface area contributed by atoms with Crippen molar-refractivity contribution in [2.24, 2.45) is 0 Å². The van der Waals surface area contributed by atoms with E-state index in [2.05, 4.69) is 37.4 Å². The molecule has 2 aliphatic heterocycles. The fourth-order valence-corrected chi connectivity index (χ4v) is 4.39. The molecular weight excluding hydrogens is 431 g/mol. The van der Waals surface area contributed by atoms with Crippen molar-refractivity contribution in [1.82, 2.24) is 15.0 Å². The molecular formula is C22H22FN6O2S+. The second-order valence-corrected chi connectivity index (χ2v) is 8.28. The minimum absolute atomic E-state index is 0.0932. The highest BCUT2D eigenvalue weighted by molar-refractivity contribution is 7.64. The molecule has 164 valence electrons. The van der Waals surface area contributed by atoms with Gasteiger partial charge in [0.1, 0.15) is 18.1 Å². The first-order valence-electron chi connectivity index (χ1n) is 10.4. The first-order chi connectivity index (χ1) is 15.6. The molecule has 4 heterocycles. The number of hydrogen-bond donors (Lipinski definition) is 2. The summed E-state index contributed by atoms with van der Waals surface area (Å²) in [5, 5.41) is 6.45. The number of ether oxygens (including phenoxy) is 1. The van der Waals surface area contributed by atoms with E-state index in [4.69, 9.17) is 4.74 Å². The van der Waals surface area contributed by atoms with Crippen molar-refractivity contribution in [3.05, 3.63) is 58.8 Å². The molecule has 0 amide bonds. The molecule has 5 rings (SSSR count). The number of fused-ring (bicyclic) bond motifs is 2. The van der Waals surface area contributed by atoms with Gasteiger partial charge in [-0.2, -0.15) is 0 Å². The molecule has 0 radical (unpaired) electrons. The lowest BCUT2D eigenvalue weighted by Gasteiger charge is -2.32. The van der Waals surface area contributed by atoms with Crippen LogP contribution >= 0.6 is 0 Å². The number of nitrogens with zero attached hydrogens (tertiary/aromatic N) is 4. The van der Waals surface area contributed by atoms with E-state index in [1.54, 1.807) is 12.1 Å². The molecule has 10 heteroatoms. The number of halogens is 1. The van der Waals surface area contributed by atoms with Crippen molar-refractivity contribution in [3.63, 3.8) is 0 Å². The van der Waals surface area contributed by atoms with E-state index in [1.165, 1.54) is 6.07 Å².